The number of hydrogen-bond donors (Lipinski definition) is 4. The van der Waals surface area contributed by atoms with Gasteiger partial charge in [0.1, 0.15) is 5.82 Å². The SMILES string of the molecule is CCCCCCCCOc1ccc(C)cc1OS(=O)NCC(C)c1nc2c(S(=O)(=O)O)c(=O)[nH]n2[nH]1. The third kappa shape index (κ3) is 7.41. The van der Waals surface area contributed by atoms with Crippen molar-refractivity contribution < 1.29 is 26.1 Å². The minimum absolute atomic E-state index is 0.147. The van der Waals surface area contributed by atoms with Crippen LogP contribution >= 0.6 is 0 Å². The summed E-state index contributed by atoms with van der Waals surface area (Å²) in [5.41, 5.74) is -0.318. The van der Waals surface area contributed by atoms with Gasteiger partial charge in [-0.1, -0.05) is 52.0 Å². The van der Waals surface area contributed by atoms with E-state index in [0.29, 0.717) is 23.9 Å². The monoisotopic (exact) mass is 543 g/mol. The van der Waals surface area contributed by atoms with Gasteiger partial charge in [0.2, 0.25) is 4.90 Å². The van der Waals surface area contributed by atoms with E-state index in [4.69, 9.17) is 8.92 Å². The Morgan fingerprint density at radius 2 is 1.89 bits per heavy atom. The van der Waals surface area contributed by atoms with Gasteiger partial charge in [-0.05, 0) is 31.0 Å². The first-order valence-corrected chi connectivity index (χ1v) is 14.4. The lowest BCUT2D eigenvalue weighted by molar-refractivity contribution is 0.296. The predicted molar refractivity (Wildman–Crippen MR) is 135 cm³/mol. The van der Waals surface area contributed by atoms with Gasteiger partial charge in [-0.3, -0.25) is 14.4 Å². The maximum atomic E-state index is 12.6. The summed E-state index contributed by atoms with van der Waals surface area (Å²) in [6.07, 6.45) is 6.88. The molecule has 2 unspecified atom stereocenters. The number of benzene rings is 1. The van der Waals surface area contributed by atoms with Gasteiger partial charge >= 0.3 is 10.1 Å². The second-order valence-corrected chi connectivity index (χ2v) is 10.9. The van der Waals surface area contributed by atoms with Crippen LogP contribution in [0, 0.1) is 6.92 Å². The normalized spacial score (nSPS) is 13.7. The highest BCUT2D eigenvalue weighted by Gasteiger charge is 2.25. The Morgan fingerprint density at radius 3 is 2.61 bits per heavy atom. The molecule has 0 amide bonds. The molecule has 2 heterocycles. The third-order valence-corrected chi connectivity index (χ3v) is 7.16. The summed E-state index contributed by atoms with van der Waals surface area (Å²) in [4.78, 5) is 15.0. The van der Waals surface area contributed by atoms with Crippen LogP contribution in [0.25, 0.3) is 5.65 Å². The van der Waals surface area contributed by atoms with Crippen molar-refractivity contribution in [2.45, 2.75) is 70.1 Å². The van der Waals surface area contributed by atoms with Crippen LogP contribution in [-0.2, 0) is 21.4 Å². The van der Waals surface area contributed by atoms with Crippen molar-refractivity contribution in [1.29, 1.82) is 0 Å². The zero-order valence-corrected chi connectivity index (χ0v) is 22.2. The number of fused-ring (bicyclic) bond motifs is 1. The average Bonchev–Trinajstić information content (AvgIpc) is 3.34. The molecule has 0 radical (unpaired) electrons. The van der Waals surface area contributed by atoms with E-state index in [1.807, 2.05) is 13.0 Å². The van der Waals surface area contributed by atoms with Gasteiger partial charge in [0.15, 0.2) is 17.1 Å². The molecule has 0 bridgehead atoms. The van der Waals surface area contributed by atoms with Crippen LogP contribution < -0.4 is 19.2 Å². The predicted octanol–water partition coefficient (Wildman–Crippen LogP) is 3.00. The lowest BCUT2D eigenvalue weighted by atomic mass is 10.1. The average molecular weight is 544 g/mol. The van der Waals surface area contributed by atoms with Crippen molar-refractivity contribution in [2.75, 3.05) is 13.2 Å². The lowest BCUT2D eigenvalue weighted by Crippen LogP contribution is -2.26. The largest absolute Gasteiger partial charge is 0.490 e. The molecule has 0 aliphatic carbocycles. The Kier molecular flexibility index (Phi) is 9.70. The first-order chi connectivity index (χ1) is 17.1. The van der Waals surface area contributed by atoms with Gasteiger partial charge in [-0.2, -0.15) is 17.3 Å². The first-order valence-electron chi connectivity index (χ1n) is 11.8. The Balaban J connectivity index is 1.56. The van der Waals surface area contributed by atoms with E-state index in [-0.39, 0.29) is 18.1 Å². The summed E-state index contributed by atoms with van der Waals surface area (Å²) in [6, 6.07) is 5.44. The van der Waals surface area contributed by atoms with Gasteiger partial charge in [-0.15, -0.1) is 0 Å². The van der Waals surface area contributed by atoms with Crippen LogP contribution in [0.15, 0.2) is 27.9 Å². The minimum Gasteiger partial charge on any atom is -0.490 e. The minimum atomic E-state index is -4.75. The summed E-state index contributed by atoms with van der Waals surface area (Å²) in [7, 11) is -4.75. The molecular formula is C22H33N5O7S2. The summed E-state index contributed by atoms with van der Waals surface area (Å²) >= 11 is -1.90. The van der Waals surface area contributed by atoms with Crippen LogP contribution in [-0.4, -0.2) is 50.1 Å². The van der Waals surface area contributed by atoms with Crippen molar-refractivity contribution in [3.63, 3.8) is 0 Å². The molecule has 0 spiro atoms. The molecule has 0 saturated heterocycles. The number of aromatic amines is 2. The lowest BCUT2D eigenvalue weighted by Gasteiger charge is -2.14. The number of aryl methyl sites for hydroxylation is 1. The maximum Gasteiger partial charge on any atom is 0.304 e. The molecule has 0 aliphatic heterocycles. The molecule has 2 aromatic heterocycles. The molecule has 1 aromatic carbocycles. The fraction of sp³-hybridized carbons (Fsp3) is 0.545. The molecule has 2 atom stereocenters. The van der Waals surface area contributed by atoms with Crippen LogP contribution in [0.3, 0.4) is 0 Å². The van der Waals surface area contributed by atoms with Crippen molar-refractivity contribution in [3.8, 4) is 11.5 Å². The molecule has 3 rings (SSSR count). The molecule has 0 aliphatic rings. The number of rotatable bonds is 15. The number of H-pyrrole nitrogens is 2. The van der Waals surface area contributed by atoms with Crippen LogP contribution in [0.1, 0.15) is 69.7 Å². The van der Waals surface area contributed by atoms with Gasteiger partial charge in [0.25, 0.3) is 16.8 Å². The molecule has 4 N–H and O–H groups in total. The molecule has 36 heavy (non-hydrogen) atoms. The van der Waals surface area contributed by atoms with E-state index in [1.54, 1.807) is 19.1 Å². The van der Waals surface area contributed by atoms with Gasteiger partial charge in [0.05, 0.1) is 6.61 Å². The molecule has 0 saturated carbocycles. The summed E-state index contributed by atoms with van der Waals surface area (Å²) < 4.78 is 60.0. The second-order valence-electron chi connectivity index (χ2n) is 8.65. The number of unbranched alkanes of at least 4 members (excludes halogenated alkanes) is 5. The van der Waals surface area contributed by atoms with Crippen molar-refractivity contribution in [1.82, 2.24) is 24.5 Å². The molecular weight excluding hydrogens is 510 g/mol. The standard InChI is InChI=1S/C22H33N5O7S2/c1-4-5-6-7-8-9-12-33-17-11-10-15(2)13-18(17)34-35(29)23-14-16(3)20-24-21-19(36(30,31)32)22(28)26-27(21)25-20/h10-11,13,16,23H,4-9,12,14H2,1-3H3,(H,24,25)(H,26,28)(H,30,31,32). The quantitative estimate of drug-likeness (QED) is 0.168. The zero-order valence-electron chi connectivity index (χ0n) is 20.6. The van der Waals surface area contributed by atoms with Crippen molar-refractivity contribution >= 4 is 27.0 Å². The Morgan fingerprint density at radius 1 is 1.17 bits per heavy atom. The molecule has 0 fully saturated rings. The first kappa shape index (κ1) is 27.9. The van der Waals surface area contributed by atoms with E-state index in [2.05, 4.69) is 26.8 Å². The fourth-order valence-corrected chi connectivity index (χ4v) is 4.95. The molecule has 3 aromatic rings. The third-order valence-electron chi connectivity index (χ3n) is 5.54. The van der Waals surface area contributed by atoms with Crippen LogP contribution in [0.4, 0.5) is 0 Å². The number of nitrogens with zero attached hydrogens (tertiary/aromatic N) is 2. The fourth-order valence-electron chi connectivity index (χ4n) is 3.56. The van der Waals surface area contributed by atoms with Gasteiger partial charge in [0, 0.05) is 12.5 Å². The molecule has 14 heteroatoms. The second kappa shape index (κ2) is 12.5. The van der Waals surface area contributed by atoms with Gasteiger partial charge in [-0.25, -0.2) is 14.8 Å². The van der Waals surface area contributed by atoms with Crippen molar-refractivity contribution in [3.05, 3.63) is 39.9 Å². The van der Waals surface area contributed by atoms with Crippen LogP contribution in [0.5, 0.6) is 11.5 Å². The Hall–Kier alpha value is -2.68. The topological polar surface area (TPSA) is 168 Å². The molecule has 200 valence electrons. The van der Waals surface area contributed by atoms with Gasteiger partial charge < -0.3 is 8.92 Å². The van der Waals surface area contributed by atoms with E-state index in [0.717, 1.165) is 23.0 Å². The number of ether oxygens (including phenoxy) is 1. The molecule has 12 nitrogen and oxygen atoms in total. The highest BCUT2D eigenvalue weighted by Crippen LogP contribution is 2.29. The van der Waals surface area contributed by atoms with Crippen LogP contribution in [0.2, 0.25) is 0 Å². The highest BCUT2D eigenvalue weighted by atomic mass is 32.2. The van der Waals surface area contributed by atoms with Crippen molar-refractivity contribution in [2.24, 2.45) is 0 Å². The number of aromatic nitrogens is 4. The van der Waals surface area contributed by atoms with E-state index >= 15 is 0 Å². The smallest absolute Gasteiger partial charge is 0.304 e. The van der Waals surface area contributed by atoms with E-state index < -0.39 is 31.8 Å². The number of nitrogens with one attached hydrogen (secondary N) is 3. The zero-order chi connectivity index (χ0) is 26.3. The highest BCUT2D eigenvalue weighted by molar-refractivity contribution is 7.86. The summed E-state index contributed by atoms with van der Waals surface area (Å²) in [6.45, 7) is 6.52. The van der Waals surface area contributed by atoms with E-state index in [1.165, 1.54) is 25.7 Å². The maximum absolute atomic E-state index is 12.6. The number of hydrogen-bond acceptors (Lipinski definition) is 7. The summed E-state index contributed by atoms with van der Waals surface area (Å²) in [5, 5.41) is 4.97. The van der Waals surface area contributed by atoms with E-state index in [9.17, 15) is 22.0 Å². The Bertz CT molecular complexity index is 1350. The Labute approximate surface area is 212 Å². The summed E-state index contributed by atoms with van der Waals surface area (Å²) in [5.74, 6) is 0.799.